The Bertz CT molecular complexity index is 585. The van der Waals surface area contributed by atoms with Gasteiger partial charge in [0, 0.05) is 10.7 Å². The monoisotopic (exact) mass is 235 g/mol. The van der Waals surface area contributed by atoms with Gasteiger partial charge in [0.2, 0.25) is 5.71 Å². The summed E-state index contributed by atoms with van der Waals surface area (Å²) in [6.07, 6.45) is 0. The topological polar surface area (TPSA) is 51.6 Å². The second-order valence-corrected chi connectivity index (χ2v) is 3.90. The van der Waals surface area contributed by atoms with E-state index in [2.05, 4.69) is 10.3 Å². The number of hydrogen-bond acceptors (Lipinski definition) is 3. The molecule has 4 heteroatoms. The van der Waals surface area contributed by atoms with Gasteiger partial charge in [0.1, 0.15) is 5.69 Å². The molecule has 0 saturated heterocycles. The zero-order valence-electron chi connectivity index (χ0n) is 9.62. The van der Waals surface area contributed by atoms with Gasteiger partial charge in [-0.25, -0.2) is 0 Å². The van der Waals surface area contributed by atoms with Crippen molar-refractivity contribution >= 4 is 17.2 Å². The molecule has 18 heavy (non-hydrogen) atoms. The van der Waals surface area contributed by atoms with Gasteiger partial charge in [0.05, 0.1) is 5.22 Å². The van der Waals surface area contributed by atoms with E-state index in [0.717, 1.165) is 11.3 Å². The van der Waals surface area contributed by atoms with Crippen LogP contribution in [0.15, 0.2) is 71.0 Å². The predicted molar refractivity (Wildman–Crippen MR) is 69.5 cm³/mol. The van der Waals surface area contributed by atoms with Crippen LogP contribution in [0.4, 0.5) is 5.69 Å². The number of hydrogen-bond donors (Lipinski definition) is 1. The Morgan fingerprint density at radius 2 is 1.44 bits per heavy atom. The molecule has 0 bridgehead atoms. The fraction of sp³-hybridized carbons (Fsp3) is 0. The predicted octanol–water partition coefficient (Wildman–Crippen LogP) is 3.18. The van der Waals surface area contributed by atoms with Crippen LogP contribution < -0.4 is 0 Å². The lowest BCUT2D eigenvalue weighted by Crippen LogP contribution is -2.19. The van der Waals surface area contributed by atoms with Crippen molar-refractivity contribution in [3.05, 3.63) is 66.2 Å². The average molecular weight is 235 g/mol. The zero-order valence-corrected chi connectivity index (χ0v) is 9.62. The first kappa shape index (κ1) is 10.5. The first-order valence-corrected chi connectivity index (χ1v) is 5.64. The van der Waals surface area contributed by atoms with E-state index in [4.69, 9.17) is 5.41 Å². The highest BCUT2D eigenvalue weighted by Gasteiger charge is 2.30. The van der Waals surface area contributed by atoms with Crippen LogP contribution in [-0.2, 0) is 0 Å². The average Bonchev–Trinajstić information content (AvgIpc) is 2.83. The van der Waals surface area contributed by atoms with E-state index in [-0.39, 0.29) is 0 Å². The molecule has 0 fully saturated rings. The number of para-hydroxylation sites is 1. The van der Waals surface area contributed by atoms with Gasteiger partial charge in [0.15, 0.2) is 0 Å². The van der Waals surface area contributed by atoms with Crippen molar-refractivity contribution in [3.63, 3.8) is 0 Å². The third-order valence-electron chi connectivity index (χ3n) is 2.72. The molecule has 0 amide bonds. The SMILES string of the molecule is N=C1C(c2ccccc2)=NN=[N+]1c1ccccc1. The van der Waals surface area contributed by atoms with Crippen LogP contribution >= 0.6 is 0 Å². The van der Waals surface area contributed by atoms with Crippen molar-refractivity contribution in [2.24, 2.45) is 10.3 Å². The van der Waals surface area contributed by atoms with Gasteiger partial charge in [-0.2, -0.15) is 5.41 Å². The van der Waals surface area contributed by atoms with Crippen molar-refractivity contribution in [2.75, 3.05) is 0 Å². The van der Waals surface area contributed by atoms with Gasteiger partial charge in [0.25, 0.3) is 0 Å². The van der Waals surface area contributed by atoms with E-state index in [0.29, 0.717) is 11.5 Å². The number of amidine groups is 1. The summed E-state index contributed by atoms with van der Waals surface area (Å²) >= 11 is 0. The van der Waals surface area contributed by atoms with Crippen molar-refractivity contribution < 1.29 is 4.70 Å². The third-order valence-corrected chi connectivity index (χ3v) is 2.72. The molecule has 0 aliphatic carbocycles. The summed E-state index contributed by atoms with van der Waals surface area (Å²) in [4.78, 5) is 0. The maximum Gasteiger partial charge on any atom is 0.325 e. The maximum atomic E-state index is 8.14. The molecule has 1 heterocycles. The molecule has 1 N–H and O–H groups in total. The highest BCUT2D eigenvalue weighted by molar-refractivity contribution is 6.44. The lowest BCUT2D eigenvalue weighted by molar-refractivity contribution is -0.385. The van der Waals surface area contributed by atoms with E-state index in [1.807, 2.05) is 60.7 Å². The summed E-state index contributed by atoms with van der Waals surface area (Å²) in [5.74, 6) is 0.299. The Morgan fingerprint density at radius 1 is 0.833 bits per heavy atom. The Labute approximate surface area is 104 Å². The molecule has 4 nitrogen and oxygen atoms in total. The molecule has 0 atom stereocenters. The minimum Gasteiger partial charge on any atom is -0.155 e. The van der Waals surface area contributed by atoms with Crippen molar-refractivity contribution in [1.29, 1.82) is 5.41 Å². The van der Waals surface area contributed by atoms with Gasteiger partial charge in [-0.05, 0) is 12.1 Å². The highest BCUT2D eigenvalue weighted by atomic mass is 15.5. The summed E-state index contributed by atoms with van der Waals surface area (Å²) < 4.78 is 1.53. The fourth-order valence-electron chi connectivity index (χ4n) is 1.82. The zero-order chi connectivity index (χ0) is 12.4. The number of benzene rings is 2. The molecule has 2 aromatic rings. The molecule has 1 aliphatic heterocycles. The summed E-state index contributed by atoms with van der Waals surface area (Å²) in [6, 6.07) is 19.2. The van der Waals surface area contributed by atoms with Crippen LogP contribution in [-0.4, -0.2) is 16.2 Å². The molecule has 3 rings (SSSR count). The van der Waals surface area contributed by atoms with E-state index in [1.54, 1.807) is 0 Å². The molecule has 1 aliphatic rings. The van der Waals surface area contributed by atoms with Crippen LogP contribution in [0.5, 0.6) is 0 Å². The second-order valence-electron chi connectivity index (χ2n) is 3.90. The van der Waals surface area contributed by atoms with Crippen molar-refractivity contribution in [3.8, 4) is 0 Å². The van der Waals surface area contributed by atoms with Crippen LogP contribution in [0.25, 0.3) is 0 Å². The number of nitrogens with one attached hydrogen (secondary N) is 1. The van der Waals surface area contributed by atoms with E-state index < -0.39 is 0 Å². The standard InChI is InChI=1S/C14H11N4/c15-14-13(11-7-3-1-4-8-11)16-17-18(14)12-9-5-2-6-10-12/h1-10,15H/q+1. The third kappa shape index (κ3) is 1.73. The van der Waals surface area contributed by atoms with Gasteiger partial charge in [-0.3, -0.25) is 0 Å². The maximum absolute atomic E-state index is 8.14. The molecule has 2 aromatic carbocycles. The smallest absolute Gasteiger partial charge is 0.155 e. The Balaban J connectivity index is 1.93. The molecule has 0 unspecified atom stereocenters. The van der Waals surface area contributed by atoms with Crippen LogP contribution in [0.1, 0.15) is 5.56 Å². The normalized spacial score (nSPS) is 14.3. The van der Waals surface area contributed by atoms with Crippen molar-refractivity contribution in [2.45, 2.75) is 0 Å². The lowest BCUT2D eigenvalue weighted by Gasteiger charge is -1.99. The van der Waals surface area contributed by atoms with Gasteiger partial charge in [-0.1, -0.05) is 53.2 Å². The minimum atomic E-state index is 0.299. The Kier molecular flexibility index (Phi) is 2.53. The second kappa shape index (κ2) is 4.33. The summed E-state index contributed by atoms with van der Waals surface area (Å²) in [7, 11) is 0. The Morgan fingerprint density at radius 3 is 2.11 bits per heavy atom. The largest absolute Gasteiger partial charge is 0.325 e. The van der Waals surface area contributed by atoms with Gasteiger partial charge in [-0.15, -0.1) is 0 Å². The van der Waals surface area contributed by atoms with Crippen molar-refractivity contribution in [1.82, 2.24) is 0 Å². The molecule has 0 aromatic heterocycles. The Hall–Kier alpha value is -2.62. The van der Waals surface area contributed by atoms with E-state index in [9.17, 15) is 0 Å². The lowest BCUT2D eigenvalue weighted by atomic mass is 10.1. The summed E-state index contributed by atoms with van der Waals surface area (Å²) in [5.41, 5.74) is 2.35. The molecular weight excluding hydrogens is 224 g/mol. The van der Waals surface area contributed by atoms with E-state index in [1.165, 1.54) is 4.70 Å². The quantitative estimate of drug-likeness (QED) is 0.777. The fourth-order valence-corrected chi connectivity index (χ4v) is 1.82. The first-order valence-electron chi connectivity index (χ1n) is 5.64. The van der Waals surface area contributed by atoms with E-state index >= 15 is 0 Å². The van der Waals surface area contributed by atoms with Crippen LogP contribution in [0.3, 0.4) is 0 Å². The molecular formula is C14H11N4+. The molecule has 0 radical (unpaired) electrons. The van der Waals surface area contributed by atoms with Gasteiger partial charge >= 0.3 is 5.84 Å². The van der Waals surface area contributed by atoms with Crippen LogP contribution in [0, 0.1) is 5.41 Å². The molecule has 0 saturated carbocycles. The minimum absolute atomic E-state index is 0.299. The van der Waals surface area contributed by atoms with Gasteiger partial charge < -0.3 is 0 Å². The summed E-state index contributed by atoms with van der Waals surface area (Å²) in [6.45, 7) is 0. The summed E-state index contributed by atoms with van der Waals surface area (Å²) in [5, 5.41) is 16.3. The van der Waals surface area contributed by atoms with Crippen LogP contribution in [0.2, 0.25) is 0 Å². The number of rotatable bonds is 2. The highest BCUT2D eigenvalue weighted by Crippen LogP contribution is 2.18. The molecule has 0 spiro atoms. The number of nitrogens with zero attached hydrogens (tertiary/aromatic N) is 3. The molecule has 86 valence electrons. The first-order chi connectivity index (χ1) is 8.86.